The molecular weight excluding hydrogens is 155 g/mol. The molecule has 0 aliphatic carbocycles. The number of nitrogens with zero attached hydrogens (tertiary/aromatic N) is 1. The molecule has 12 heavy (non-hydrogen) atoms. The summed E-state index contributed by atoms with van der Waals surface area (Å²) in [6.45, 7) is 2.97. The van der Waals surface area contributed by atoms with Crippen molar-refractivity contribution in [2.75, 3.05) is 19.6 Å². The van der Waals surface area contributed by atoms with Gasteiger partial charge in [0.25, 0.3) is 0 Å². The monoisotopic (exact) mass is 170 g/mol. The van der Waals surface area contributed by atoms with Crippen LogP contribution in [0.2, 0.25) is 13.1 Å². The number of rotatable bonds is 6. The van der Waals surface area contributed by atoms with E-state index in [1.807, 2.05) is 6.82 Å². The van der Waals surface area contributed by atoms with E-state index in [9.17, 15) is 9.59 Å². The second-order valence-corrected chi connectivity index (χ2v) is 2.55. The first-order valence-corrected chi connectivity index (χ1v) is 4.17. The largest absolute Gasteiger partial charge is 0.335 e. The van der Waals surface area contributed by atoms with Gasteiger partial charge in [-0.05, 0) is 0 Å². The zero-order valence-electron chi connectivity index (χ0n) is 7.45. The first-order chi connectivity index (χ1) is 5.76. The van der Waals surface area contributed by atoms with Gasteiger partial charge in [0.2, 0.25) is 5.91 Å². The summed E-state index contributed by atoms with van der Waals surface area (Å²) in [4.78, 5) is 22.9. The molecule has 0 bridgehead atoms. The Morgan fingerprint density at radius 1 is 1.67 bits per heavy atom. The van der Waals surface area contributed by atoms with E-state index < -0.39 is 0 Å². The van der Waals surface area contributed by atoms with Gasteiger partial charge in [-0.15, -0.1) is 0 Å². The van der Waals surface area contributed by atoms with Crippen LogP contribution in [0.3, 0.4) is 0 Å². The molecule has 0 unspecified atom stereocenters. The summed E-state index contributed by atoms with van der Waals surface area (Å²) in [6, 6.07) is 0. The van der Waals surface area contributed by atoms with Gasteiger partial charge in [0.1, 0.15) is 13.6 Å². The lowest BCUT2D eigenvalue weighted by atomic mass is 9.77. The predicted octanol–water partition coefficient (Wildman–Crippen LogP) is -1.12. The lowest BCUT2D eigenvalue weighted by Crippen LogP contribution is -2.36. The third-order valence-corrected chi connectivity index (χ3v) is 1.51. The number of carbonyl (C=O) groups excluding carboxylic acids is 2. The lowest BCUT2D eigenvalue weighted by molar-refractivity contribution is -0.130. The minimum absolute atomic E-state index is 0.00931. The van der Waals surface area contributed by atoms with Crippen molar-refractivity contribution in [3.05, 3.63) is 0 Å². The average Bonchev–Trinajstić information content (AvgIpc) is 2.04. The van der Waals surface area contributed by atoms with Crippen LogP contribution < -0.4 is 5.73 Å². The van der Waals surface area contributed by atoms with Gasteiger partial charge in [-0.25, -0.2) is 0 Å². The van der Waals surface area contributed by atoms with E-state index in [0.717, 1.165) is 13.6 Å². The Kier molecular flexibility index (Phi) is 6.37. The summed E-state index contributed by atoms with van der Waals surface area (Å²) in [5.74, 6) is 0.00931. The van der Waals surface area contributed by atoms with Crippen molar-refractivity contribution in [2.24, 2.45) is 5.73 Å². The maximum atomic E-state index is 11.2. The van der Waals surface area contributed by atoms with Crippen LogP contribution in [-0.2, 0) is 9.59 Å². The van der Waals surface area contributed by atoms with E-state index in [4.69, 9.17) is 5.73 Å². The fourth-order valence-corrected chi connectivity index (χ4v) is 0.936. The normalized spacial score (nSPS) is 9.17. The molecule has 68 valence electrons. The molecule has 4 nitrogen and oxygen atoms in total. The Morgan fingerprint density at radius 2 is 2.33 bits per heavy atom. The van der Waals surface area contributed by atoms with Crippen molar-refractivity contribution in [3.63, 3.8) is 0 Å². The number of hydrogen-bond acceptors (Lipinski definition) is 3. The molecule has 0 aromatic rings. The Balaban J connectivity index is 3.89. The molecule has 0 spiro atoms. The second-order valence-electron chi connectivity index (χ2n) is 2.55. The van der Waals surface area contributed by atoms with Crippen molar-refractivity contribution < 1.29 is 9.59 Å². The van der Waals surface area contributed by atoms with E-state index in [1.54, 1.807) is 0 Å². The Hall–Kier alpha value is -0.835. The standard InChI is InChI=1S/C7H15BN2O2/c1-8-6-7(12)10(3-2-9)4-5-11/h5,8H,2-4,6,9H2,1H3. The third kappa shape index (κ3) is 4.13. The Labute approximate surface area is 73.3 Å². The number of aldehydes is 1. The van der Waals surface area contributed by atoms with Crippen molar-refractivity contribution in [3.8, 4) is 0 Å². The van der Waals surface area contributed by atoms with Crippen LogP contribution in [0.4, 0.5) is 0 Å². The van der Waals surface area contributed by atoms with E-state index in [-0.39, 0.29) is 12.5 Å². The fraction of sp³-hybridized carbons (Fsp3) is 0.714. The number of amides is 1. The lowest BCUT2D eigenvalue weighted by Gasteiger charge is -2.18. The molecule has 5 heteroatoms. The van der Waals surface area contributed by atoms with Gasteiger partial charge in [-0.3, -0.25) is 4.79 Å². The van der Waals surface area contributed by atoms with Gasteiger partial charge in [0.15, 0.2) is 0 Å². The van der Waals surface area contributed by atoms with E-state index in [2.05, 4.69) is 0 Å². The smallest absolute Gasteiger partial charge is 0.215 e. The summed E-state index contributed by atoms with van der Waals surface area (Å²) in [5, 5.41) is 0. The van der Waals surface area contributed by atoms with E-state index in [0.29, 0.717) is 19.4 Å². The molecule has 2 N–H and O–H groups in total. The minimum atomic E-state index is 0.00931. The van der Waals surface area contributed by atoms with Crippen LogP contribution in [0.15, 0.2) is 0 Å². The molecule has 0 aliphatic rings. The van der Waals surface area contributed by atoms with Crippen LogP contribution in [-0.4, -0.2) is 44.0 Å². The van der Waals surface area contributed by atoms with Crippen molar-refractivity contribution in [2.45, 2.75) is 13.1 Å². The first kappa shape index (κ1) is 11.2. The molecule has 0 saturated heterocycles. The summed E-state index contributed by atoms with van der Waals surface area (Å²) >= 11 is 0. The Morgan fingerprint density at radius 3 is 2.75 bits per heavy atom. The van der Waals surface area contributed by atoms with Gasteiger partial charge >= 0.3 is 0 Å². The van der Waals surface area contributed by atoms with Crippen LogP contribution in [0, 0.1) is 0 Å². The van der Waals surface area contributed by atoms with Gasteiger partial charge in [0, 0.05) is 19.4 Å². The molecule has 0 radical (unpaired) electrons. The molecule has 0 rings (SSSR count). The van der Waals surface area contributed by atoms with Gasteiger partial charge in [0.05, 0.1) is 6.54 Å². The summed E-state index contributed by atoms with van der Waals surface area (Å²) in [6.07, 6.45) is 1.22. The molecule has 0 aliphatic heterocycles. The highest BCUT2D eigenvalue weighted by molar-refractivity contribution is 6.39. The second kappa shape index (κ2) is 6.85. The fourth-order valence-electron chi connectivity index (χ4n) is 0.936. The van der Waals surface area contributed by atoms with Crippen LogP contribution in [0.5, 0.6) is 0 Å². The van der Waals surface area contributed by atoms with E-state index in [1.165, 1.54) is 4.90 Å². The molecule has 1 amide bonds. The van der Waals surface area contributed by atoms with Gasteiger partial charge in [-0.2, -0.15) is 0 Å². The quantitative estimate of drug-likeness (QED) is 0.405. The highest BCUT2D eigenvalue weighted by atomic mass is 16.2. The Bertz CT molecular complexity index is 152. The van der Waals surface area contributed by atoms with Crippen molar-refractivity contribution in [1.29, 1.82) is 0 Å². The molecular formula is C7H15BN2O2. The molecule has 0 aromatic heterocycles. The molecule has 0 heterocycles. The number of hydrogen-bond donors (Lipinski definition) is 1. The van der Waals surface area contributed by atoms with Gasteiger partial charge in [-0.1, -0.05) is 6.82 Å². The number of carbonyl (C=O) groups is 2. The maximum absolute atomic E-state index is 11.2. The molecule has 0 atom stereocenters. The van der Waals surface area contributed by atoms with Crippen LogP contribution in [0.25, 0.3) is 0 Å². The summed E-state index contributed by atoms with van der Waals surface area (Å²) in [5.41, 5.74) is 5.28. The summed E-state index contributed by atoms with van der Waals surface area (Å²) < 4.78 is 0. The minimum Gasteiger partial charge on any atom is -0.335 e. The van der Waals surface area contributed by atoms with E-state index >= 15 is 0 Å². The van der Waals surface area contributed by atoms with Crippen LogP contribution in [0.1, 0.15) is 0 Å². The SMILES string of the molecule is CBCC(=O)N(CC=O)CCN. The summed E-state index contributed by atoms with van der Waals surface area (Å²) in [7, 11) is 0.804. The molecule has 0 aromatic carbocycles. The molecule has 0 saturated carbocycles. The predicted molar refractivity (Wildman–Crippen MR) is 49.5 cm³/mol. The third-order valence-electron chi connectivity index (χ3n) is 1.51. The highest BCUT2D eigenvalue weighted by Crippen LogP contribution is 1.92. The molecule has 0 fully saturated rings. The zero-order chi connectivity index (χ0) is 9.40. The van der Waals surface area contributed by atoms with Crippen molar-refractivity contribution in [1.82, 2.24) is 4.90 Å². The maximum Gasteiger partial charge on any atom is 0.215 e. The highest BCUT2D eigenvalue weighted by Gasteiger charge is 2.10. The number of nitrogens with two attached hydrogens (primary N) is 1. The van der Waals surface area contributed by atoms with Crippen molar-refractivity contribution >= 4 is 19.5 Å². The zero-order valence-corrected chi connectivity index (χ0v) is 7.45. The van der Waals surface area contributed by atoms with Gasteiger partial charge < -0.3 is 15.4 Å². The van der Waals surface area contributed by atoms with Crippen LogP contribution >= 0.6 is 0 Å². The average molecular weight is 170 g/mol. The topological polar surface area (TPSA) is 63.4 Å². The first-order valence-electron chi connectivity index (χ1n) is 4.17.